The minimum atomic E-state index is -0.880. The van der Waals surface area contributed by atoms with Gasteiger partial charge < -0.3 is 10.5 Å². The molecule has 0 amide bonds. The molecule has 0 radical (unpaired) electrons. The molecule has 1 rings (SSSR count). The lowest BCUT2D eigenvalue weighted by Crippen LogP contribution is -2.04. The van der Waals surface area contributed by atoms with Gasteiger partial charge in [0.1, 0.15) is 5.75 Å². The van der Waals surface area contributed by atoms with E-state index in [0.29, 0.717) is 30.9 Å². The summed E-state index contributed by atoms with van der Waals surface area (Å²) in [5.41, 5.74) is 6.03. The van der Waals surface area contributed by atoms with Gasteiger partial charge in [0.25, 0.3) is 0 Å². The Morgan fingerprint density at radius 2 is 1.93 bits per heavy atom. The first-order valence-electron chi connectivity index (χ1n) is 4.99. The maximum absolute atomic E-state index is 13.0. The van der Waals surface area contributed by atoms with Crippen LogP contribution >= 0.6 is 0 Å². The molecule has 0 fully saturated rings. The summed E-state index contributed by atoms with van der Waals surface area (Å²) in [6.45, 7) is 2.75. The van der Waals surface area contributed by atoms with E-state index in [0.717, 1.165) is 12.5 Å². The molecule has 0 unspecified atom stereocenters. The number of aryl methyl sites for hydroxylation is 1. The molecular formula is C11H15F2NO. The van der Waals surface area contributed by atoms with Crippen molar-refractivity contribution in [2.45, 2.75) is 19.8 Å². The molecule has 0 aliphatic heterocycles. The van der Waals surface area contributed by atoms with E-state index in [-0.39, 0.29) is 0 Å². The number of nitrogens with two attached hydrogens (primary N) is 1. The van der Waals surface area contributed by atoms with Crippen LogP contribution in [0, 0.1) is 11.6 Å². The van der Waals surface area contributed by atoms with E-state index in [1.807, 2.05) is 0 Å². The third kappa shape index (κ3) is 3.16. The molecule has 0 bridgehead atoms. The SMILES string of the molecule is CCOc1cc(F)c(F)cc1CCCN. The largest absolute Gasteiger partial charge is 0.493 e. The van der Waals surface area contributed by atoms with Crippen LogP contribution in [-0.4, -0.2) is 13.2 Å². The van der Waals surface area contributed by atoms with Gasteiger partial charge in [0.05, 0.1) is 6.61 Å². The number of hydrogen-bond donors (Lipinski definition) is 1. The zero-order valence-electron chi connectivity index (χ0n) is 8.72. The minimum Gasteiger partial charge on any atom is -0.493 e. The van der Waals surface area contributed by atoms with Crippen LogP contribution in [0.4, 0.5) is 8.78 Å². The van der Waals surface area contributed by atoms with Crippen LogP contribution in [0.2, 0.25) is 0 Å². The molecular weight excluding hydrogens is 200 g/mol. The lowest BCUT2D eigenvalue weighted by atomic mass is 10.1. The molecule has 0 saturated carbocycles. The molecule has 0 aromatic heterocycles. The fourth-order valence-corrected chi connectivity index (χ4v) is 1.35. The Balaban J connectivity index is 2.93. The van der Waals surface area contributed by atoms with Gasteiger partial charge in [-0.2, -0.15) is 0 Å². The average molecular weight is 215 g/mol. The van der Waals surface area contributed by atoms with Crippen molar-refractivity contribution in [3.05, 3.63) is 29.3 Å². The molecule has 0 aliphatic carbocycles. The van der Waals surface area contributed by atoms with Crippen LogP contribution in [0.3, 0.4) is 0 Å². The van der Waals surface area contributed by atoms with Gasteiger partial charge in [0.15, 0.2) is 11.6 Å². The van der Waals surface area contributed by atoms with Crippen molar-refractivity contribution < 1.29 is 13.5 Å². The van der Waals surface area contributed by atoms with Crippen molar-refractivity contribution in [1.82, 2.24) is 0 Å². The Kier molecular flexibility index (Phi) is 4.49. The van der Waals surface area contributed by atoms with Crippen LogP contribution < -0.4 is 10.5 Å². The third-order valence-corrected chi connectivity index (χ3v) is 2.05. The fraction of sp³-hybridized carbons (Fsp3) is 0.455. The molecule has 2 N–H and O–H groups in total. The molecule has 0 spiro atoms. The van der Waals surface area contributed by atoms with E-state index in [4.69, 9.17) is 10.5 Å². The highest BCUT2D eigenvalue weighted by Crippen LogP contribution is 2.23. The Bertz CT molecular complexity index is 329. The average Bonchev–Trinajstić information content (AvgIpc) is 2.21. The molecule has 0 aliphatic rings. The van der Waals surface area contributed by atoms with Crippen molar-refractivity contribution in [3.8, 4) is 5.75 Å². The summed E-state index contributed by atoms with van der Waals surface area (Å²) in [4.78, 5) is 0. The predicted molar refractivity (Wildman–Crippen MR) is 54.9 cm³/mol. The van der Waals surface area contributed by atoms with E-state index < -0.39 is 11.6 Å². The van der Waals surface area contributed by atoms with E-state index in [1.165, 1.54) is 6.07 Å². The van der Waals surface area contributed by atoms with Crippen molar-refractivity contribution in [1.29, 1.82) is 0 Å². The van der Waals surface area contributed by atoms with Crippen LogP contribution in [0.5, 0.6) is 5.75 Å². The van der Waals surface area contributed by atoms with Gasteiger partial charge in [0.2, 0.25) is 0 Å². The topological polar surface area (TPSA) is 35.2 Å². The van der Waals surface area contributed by atoms with Gasteiger partial charge in [-0.05, 0) is 37.9 Å². The summed E-state index contributed by atoms with van der Waals surface area (Å²) in [6, 6.07) is 2.26. The fourth-order valence-electron chi connectivity index (χ4n) is 1.35. The summed E-state index contributed by atoms with van der Waals surface area (Å²) < 4.78 is 31.1. The van der Waals surface area contributed by atoms with Crippen molar-refractivity contribution in [2.75, 3.05) is 13.2 Å². The monoisotopic (exact) mass is 215 g/mol. The zero-order valence-corrected chi connectivity index (χ0v) is 8.72. The van der Waals surface area contributed by atoms with Crippen molar-refractivity contribution >= 4 is 0 Å². The Morgan fingerprint density at radius 3 is 2.53 bits per heavy atom. The lowest BCUT2D eigenvalue weighted by molar-refractivity contribution is 0.332. The summed E-state index contributed by atoms with van der Waals surface area (Å²) in [6.07, 6.45) is 1.33. The van der Waals surface area contributed by atoms with E-state index in [2.05, 4.69) is 0 Å². The van der Waals surface area contributed by atoms with E-state index in [1.54, 1.807) is 6.92 Å². The first-order chi connectivity index (χ1) is 7.19. The maximum Gasteiger partial charge on any atom is 0.162 e. The van der Waals surface area contributed by atoms with E-state index in [9.17, 15) is 8.78 Å². The molecule has 0 heterocycles. The second kappa shape index (κ2) is 5.66. The molecule has 0 atom stereocenters. The zero-order chi connectivity index (χ0) is 11.3. The Hall–Kier alpha value is -1.16. The van der Waals surface area contributed by atoms with Gasteiger partial charge in [-0.1, -0.05) is 0 Å². The first kappa shape index (κ1) is 11.9. The Labute approximate surface area is 88.0 Å². The standard InChI is InChI=1S/C11H15F2NO/c1-2-15-11-7-10(13)9(12)6-8(11)4-3-5-14/h6-7H,2-5,14H2,1H3. The van der Waals surface area contributed by atoms with Crippen LogP contribution in [0.25, 0.3) is 0 Å². The quantitative estimate of drug-likeness (QED) is 0.817. The molecule has 15 heavy (non-hydrogen) atoms. The molecule has 1 aromatic rings. The summed E-state index contributed by atoms with van der Waals surface area (Å²) >= 11 is 0. The van der Waals surface area contributed by atoms with Gasteiger partial charge >= 0.3 is 0 Å². The highest BCUT2D eigenvalue weighted by atomic mass is 19.2. The van der Waals surface area contributed by atoms with Crippen LogP contribution in [0.15, 0.2) is 12.1 Å². The summed E-state index contributed by atoms with van der Waals surface area (Å²) in [5.74, 6) is -1.31. The smallest absolute Gasteiger partial charge is 0.162 e. The number of benzene rings is 1. The van der Waals surface area contributed by atoms with Crippen molar-refractivity contribution in [3.63, 3.8) is 0 Å². The Morgan fingerprint density at radius 1 is 1.27 bits per heavy atom. The molecule has 1 aromatic carbocycles. The van der Waals surface area contributed by atoms with Crippen LogP contribution in [-0.2, 0) is 6.42 Å². The lowest BCUT2D eigenvalue weighted by Gasteiger charge is -2.10. The van der Waals surface area contributed by atoms with Crippen LogP contribution in [0.1, 0.15) is 18.9 Å². The summed E-state index contributed by atoms with van der Waals surface area (Å²) in [7, 11) is 0. The normalized spacial score (nSPS) is 10.4. The minimum absolute atomic E-state index is 0.407. The maximum atomic E-state index is 13.0. The molecule has 2 nitrogen and oxygen atoms in total. The highest BCUT2D eigenvalue weighted by Gasteiger charge is 2.10. The predicted octanol–water partition coefficient (Wildman–Crippen LogP) is 2.25. The van der Waals surface area contributed by atoms with E-state index >= 15 is 0 Å². The summed E-state index contributed by atoms with van der Waals surface area (Å²) in [5, 5.41) is 0. The number of hydrogen-bond acceptors (Lipinski definition) is 2. The molecule has 84 valence electrons. The molecule has 0 saturated heterocycles. The van der Waals surface area contributed by atoms with Gasteiger partial charge in [-0.15, -0.1) is 0 Å². The second-order valence-corrected chi connectivity index (χ2v) is 3.20. The van der Waals surface area contributed by atoms with Gasteiger partial charge in [0, 0.05) is 6.07 Å². The number of ether oxygens (including phenoxy) is 1. The second-order valence-electron chi connectivity index (χ2n) is 3.20. The van der Waals surface area contributed by atoms with Gasteiger partial charge in [-0.25, -0.2) is 8.78 Å². The number of halogens is 2. The van der Waals surface area contributed by atoms with Crippen molar-refractivity contribution in [2.24, 2.45) is 5.73 Å². The van der Waals surface area contributed by atoms with Gasteiger partial charge in [-0.3, -0.25) is 0 Å². The number of rotatable bonds is 5. The third-order valence-electron chi connectivity index (χ3n) is 2.05. The first-order valence-corrected chi connectivity index (χ1v) is 4.99. The highest BCUT2D eigenvalue weighted by molar-refractivity contribution is 5.35. The molecule has 4 heteroatoms.